The molecule has 13 heavy (non-hydrogen) atoms. The molecule has 0 spiro atoms. The fourth-order valence-electron chi connectivity index (χ4n) is 2.55. The van der Waals surface area contributed by atoms with Crippen molar-refractivity contribution in [3.63, 3.8) is 0 Å². The van der Waals surface area contributed by atoms with E-state index in [1.54, 1.807) is 4.90 Å². The van der Waals surface area contributed by atoms with E-state index in [4.69, 9.17) is 4.74 Å². The molecule has 1 N–H and O–H groups in total. The SMILES string of the molecule is COC(=O)N1C2CCC1CC(O)C2. The number of aliphatic hydroxyl groups excluding tert-OH is 1. The third-order valence-corrected chi connectivity index (χ3v) is 3.09. The lowest BCUT2D eigenvalue weighted by Gasteiger charge is -2.35. The van der Waals surface area contributed by atoms with E-state index in [0.29, 0.717) is 12.8 Å². The van der Waals surface area contributed by atoms with Crippen molar-refractivity contribution in [3.05, 3.63) is 0 Å². The van der Waals surface area contributed by atoms with Crippen LogP contribution in [0.5, 0.6) is 0 Å². The number of ether oxygens (including phenoxy) is 1. The summed E-state index contributed by atoms with van der Waals surface area (Å²) in [5.41, 5.74) is 0. The molecule has 2 fully saturated rings. The van der Waals surface area contributed by atoms with Crippen LogP contribution < -0.4 is 0 Å². The van der Waals surface area contributed by atoms with Crippen LogP contribution in [0.3, 0.4) is 0 Å². The predicted molar refractivity (Wildman–Crippen MR) is 46.3 cm³/mol. The van der Waals surface area contributed by atoms with Crippen LogP contribution in [0.4, 0.5) is 4.79 Å². The van der Waals surface area contributed by atoms with Crippen molar-refractivity contribution >= 4 is 6.09 Å². The maximum atomic E-state index is 11.4. The minimum atomic E-state index is -0.237. The van der Waals surface area contributed by atoms with Crippen molar-refractivity contribution in [1.29, 1.82) is 0 Å². The summed E-state index contributed by atoms with van der Waals surface area (Å²) in [5, 5.41) is 9.48. The number of fused-ring (bicyclic) bond motifs is 2. The van der Waals surface area contributed by atoms with Crippen molar-refractivity contribution < 1.29 is 14.6 Å². The number of amides is 1. The Balaban J connectivity index is 2.10. The summed E-state index contributed by atoms with van der Waals surface area (Å²) in [6, 6.07) is 0.419. The molecule has 2 aliphatic rings. The molecule has 2 rings (SSSR count). The zero-order chi connectivity index (χ0) is 9.42. The zero-order valence-corrected chi connectivity index (χ0v) is 7.77. The Hall–Kier alpha value is -0.770. The molecule has 4 nitrogen and oxygen atoms in total. The number of carbonyl (C=O) groups excluding carboxylic acids is 1. The van der Waals surface area contributed by atoms with Crippen LogP contribution in [0.15, 0.2) is 0 Å². The van der Waals surface area contributed by atoms with Crippen molar-refractivity contribution in [2.24, 2.45) is 0 Å². The summed E-state index contributed by atoms with van der Waals surface area (Å²) in [6.07, 6.45) is 2.99. The summed E-state index contributed by atoms with van der Waals surface area (Å²) in [6.45, 7) is 0. The number of aliphatic hydroxyl groups is 1. The Morgan fingerprint density at radius 2 is 1.92 bits per heavy atom. The monoisotopic (exact) mass is 185 g/mol. The minimum absolute atomic E-state index is 0.209. The van der Waals surface area contributed by atoms with Gasteiger partial charge in [0.2, 0.25) is 0 Å². The number of nitrogens with zero attached hydrogens (tertiary/aromatic N) is 1. The first-order valence-corrected chi connectivity index (χ1v) is 4.76. The first-order valence-electron chi connectivity index (χ1n) is 4.76. The molecule has 2 unspecified atom stereocenters. The average Bonchev–Trinajstić information content (AvgIpc) is 2.37. The van der Waals surface area contributed by atoms with E-state index >= 15 is 0 Å². The molecule has 0 aliphatic carbocycles. The standard InChI is InChI=1S/C9H15NO3/c1-13-9(12)10-6-2-3-7(10)5-8(11)4-6/h6-8,11H,2-5H2,1H3. The van der Waals surface area contributed by atoms with E-state index in [1.807, 2.05) is 0 Å². The second-order valence-corrected chi connectivity index (χ2v) is 3.89. The lowest BCUT2D eigenvalue weighted by molar-refractivity contribution is 0.0316. The first kappa shape index (κ1) is 8.81. The van der Waals surface area contributed by atoms with Gasteiger partial charge in [-0.3, -0.25) is 0 Å². The molecule has 2 saturated heterocycles. The van der Waals surface area contributed by atoms with E-state index in [2.05, 4.69) is 0 Å². The fraction of sp³-hybridized carbons (Fsp3) is 0.889. The number of carbonyl (C=O) groups is 1. The van der Waals surface area contributed by atoms with Gasteiger partial charge in [0.05, 0.1) is 13.2 Å². The van der Waals surface area contributed by atoms with Crippen LogP contribution >= 0.6 is 0 Å². The van der Waals surface area contributed by atoms with Crippen molar-refractivity contribution in [2.45, 2.75) is 43.9 Å². The number of hydrogen-bond acceptors (Lipinski definition) is 3. The van der Waals surface area contributed by atoms with Crippen LogP contribution in [0.1, 0.15) is 25.7 Å². The third-order valence-electron chi connectivity index (χ3n) is 3.09. The Labute approximate surface area is 77.5 Å². The quantitative estimate of drug-likeness (QED) is 0.605. The van der Waals surface area contributed by atoms with E-state index in [-0.39, 0.29) is 24.3 Å². The van der Waals surface area contributed by atoms with Crippen LogP contribution in [0.2, 0.25) is 0 Å². The van der Waals surface area contributed by atoms with Crippen molar-refractivity contribution in [1.82, 2.24) is 4.90 Å². The van der Waals surface area contributed by atoms with Crippen molar-refractivity contribution in [3.8, 4) is 0 Å². The van der Waals surface area contributed by atoms with Gasteiger partial charge in [0.1, 0.15) is 0 Å². The van der Waals surface area contributed by atoms with E-state index in [1.165, 1.54) is 7.11 Å². The zero-order valence-electron chi connectivity index (χ0n) is 7.77. The summed E-state index contributed by atoms with van der Waals surface area (Å²) in [5.74, 6) is 0. The summed E-state index contributed by atoms with van der Waals surface area (Å²) < 4.78 is 4.71. The van der Waals surface area contributed by atoms with Gasteiger partial charge in [-0.05, 0) is 25.7 Å². The summed E-state index contributed by atoms with van der Waals surface area (Å²) in [4.78, 5) is 13.2. The Morgan fingerprint density at radius 3 is 2.38 bits per heavy atom. The molecule has 0 aromatic rings. The molecule has 2 bridgehead atoms. The number of rotatable bonds is 0. The molecule has 0 radical (unpaired) electrons. The van der Waals surface area contributed by atoms with Gasteiger partial charge in [0.25, 0.3) is 0 Å². The molecule has 2 aliphatic heterocycles. The van der Waals surface area contributed by atoms with Crippen LogP contribution in [-0.4, -0.2) is 41.4 Å². The maximum Gasteiger partial charge on any atom is 0.409 e. The van der Waals surface area contributed by atoms with Crippen LogP contribution in [0.25, 0.3) is 0 Å². The van der Waals surface area contributed by atoms with Gasteiger partial charge in [-0.25, -0.2) is 4.79 Å². The van der Waals surface area contributed by atoms with Gasteiger partial charge in [0.15, 0.2) is 0 Å². The highest BCUT2D eigenvalue weighted by Gasteiger charge is 2.43. The minimum Gasteiger partial charge on any atom is -0.453 e. The van der Waals surface area contributed by atoms with E-state index < -0.39 is 0 Å². The molecule has 0 saturated carbocycles. The smallest absolute Gasteiger partial charge is 0.409 e. The summed E-state index contributed by atoms with van der Waals surface area (Å²) >= 11 is 0. The molecule has 2 atom stereocenters. The first-order chi connectivity index (χ1) is 6.22. The molecule has 0 aromatic heterocycles. The molecule has 0 aromatic carbocycles. The average molecular weight is 185 g/mol. The molecule has 1 amide bonds. The number of hydrogen-bond donors (Lipinski definition) is 1. The Morgan fingerprint density at radius 1 is 1.38 bits per heavy atom. The third kappa shape index (κ3) is 1.39. The number of methoxy groups -OCH3 is 1. The molecule has 74 valence electrons. The van der Waals surface area contributed by atoms with Gasteiger partial charge < -0.3 is 14.7 Å². The van der Waals surface area contributed by atoms with Gasteiger partial charge in [-0.2, -0.15) is 0 Å². The van der Waals surface area contributed by atoms with Gasteiger partial charge in [-0.15, -0.1) is 0 Å². The molecular weight excluding hydrogens is 170 g/mol. The number of piperidine rings is 1. The highest BCUT2D eigenvalue weighted by Crippen LogP contribution is 2.35. The molecule has 2 heterocycles. The largest absolute Gasteiger partial charge is 0.453 e. The van der Waals surface area contributed by atoms with Gasteiger partial charge in [-0.1, -0.05) is 0 Å². The Kier molecular flexibility index (Phi) is 2.15. The predicted octanol–water partition coefficient (Wildman–Crippen LogP) is 0.740. The Bertz CT molecular complexity index is 205. The second kappa shape index (κ2) is 3.18. The van der Waals surface area contributed by atoms with Gasteiger partial charge >= 0.3 is 6.09 Å². The second-order valence-electron chi connectivity index (χ2n) is 3.89. The molecule has 4 heteroatoms. The van der Waals surface area contributed by atoms with Crippen LogP contribution in [0, 0.1) is 0 Å². The summed E-state index contributed by atoms with van der Waals surface area (Å²) in [7, 11) is 1.41. The lowest BCUT2D eigenvalue weighted by Crippen LogP contribution is -2.47. The normalized spacial score (nSPS) is 37.7. The maximum absolute atomic E-state index is 11.4. The lowest BCUT2D eigenvalue weighted by atomic mass is 10.0. The highest BCUT2D eigenvalue weighted by atomic mass is 16.5. The fourth-order valence-corrected chi connectivity index (χ4v) is 2.55. The topological polar surface area (TPSA) is 49.8 Å². The molecular formula is C9H15NO3. The highest BCUT2D eigenvalue weighted by molar-refractivity contribution is 5.69. The van der Waals surface area contributed by atoms with Gasteiger partial charge in [0, 0.05) is 12.1 Å². The van der Waals surface area contributed by atoms with Crippen molar-refractivity contribution in [2.75, 3.05) is 7.11 Å². The van der Waals surface area contributed by atoms with E-state index in [0.717, 1.165) is 12.8 Å². The van der Waals surface area contributed by atoms with E-state index in [9.17, 15) is 9.90 Å². The van der Waals surface area contributed by atoms with Crippen LogP contribution in [-0.2, 0) is 4.74 Å².